The van der Waals surface area contributed by atoms with Gasteiger partial charge in [-0.15, -0.1) is 0 Å². The number of hydrogen-bond acceptors (Lipinski definition) is 3. The second kappa shape index (κ2) is 11.6. The maximum Gasteiger partial charge on any atom is 0.395 e. The molecule has 0 aliphatic heterocycles. The van der Waals surface area contributed by atoms with Crippen molar-refractivity contribution in [2.24, 2.45) is 5.92 Å². The van der Waals surface area contributed by atoms with Crippen LogP contribution in [0.25, 0.3) is 0 Å². The predicted octanol–water partition coefficient (Wildman–Crippen LogP) is 5.98. The summed E-state index contributed by atoms with van der Waals surface area (Å²) >= 11 is 0. The van der Waals surface area contributed by atoms with Crippen LogP contribution in [0.5, 0.6) is 0 Å². The number of amides is 1. The average molecular weight is 463 g/mol. The topological polar surface area (TPSA) is 53.4 Å². The first kappa shape index (κ1) is 25.2. The number of aliphatic hydroxyl groups is 1. The molecule has 4 nitrogen and oxygen atoms in total. The first-order valence-electron chi connectivity index (χ1n) is 11.8. The number of pyridine rings is 1. The molecule has 1 amide bonds. The van der Waals surface area contributed by atoms with Gasteiger partial charge in [-0.2, -0.15) is 13.2 Å². The Morgan fingerprint density at radius 1 is 1.00 bits per heavy atom. The summed E-state index contributed by atoms with van der Waals surface area (Å²) in [6, 6.07) is 12.1. The molecule has 0 bridgehead atoms. The minimum Gasteiger partial charge on any atom is -0.396 e. The molecule has 1 heterocycles. The summed E-state index contributed by atoms with van der Waals surface area (Å²) in [5, 5.41) is 9.11. The number of benzene rings is 1. The highest BCUT2D eigenvalue weighted by molar-refractivity contribution is 5.95. The molecule has 4 rings (SSSR count). The lowest BCUT2D eigenvalue weighted by molar-refractivity contribution is -0.146. The van der Waals surface area contributed by atoms with E-state index < -0.39 is 12.1 Å². The Morgan fingerprint density at radius 2 is 1.55 bits per heavy atom. The Balaban J connectivity index is 0.000000442. The lowest BCUT2D eigenvalue weighted by Crippen LogP contribution is -2.44. The molecule has 1 aromatic carbocycles. The molecule has 2 aromatic rings. The maximum atomic E-state index is 13.1. The smallest absolute Gasteiger partial charge is 0.395 e. The molecular weight excluding hydrogens is 429 g/mol. The molecule has 180 valence electrons. The summed E-state index contributed by atoms with van der Waals surface area (Å²) in [5.41, 5.74) is 0.652. The van der Waals surface area contributed by atoms with Crippen molar-refractivity contribution in [3.05, 3.63) is 66.0 Å². The van der Waals surface area contributed by atoms with Gasteiger partial charge in [0.15, 0.2) is 0 Å². The first-order chi connectivity index (χ1) is 15.8. The molecule has 33 heavy (non-hydrogen) atoms. The van der Waals surface area contributed by atoms with Crippen LogP contribution >= 0.6 is 0 Å². The molecule has 1 unspecified atom stereocenters. The van der Waals surface area contributed by atoms with Crippen LogP contribution in [0, 0.1) is 5.92 Å². The summed E-state index contributed by atoms with van der Waals surface area (Å²) < 4.78 is 38.6. The van der Waals surface area contributed by atoms with Crippen molar-refractivity contribution >= 4 is 5.91 Å². The van der Waals surface area contributed by atoms with Crippen molar-refractivity contribution in [2.75, 3.05) is 6.61 Å². The number of rotatable bonds is 6. The van der Waals surface area contributed by atoms with Gasteiger partial charge in [0.1, 0.15) is 0 Å². The molecule has 1 aromatic heterocycles. The Kier molecular flexibility index (Phi) is 8.89. The van der Waals surface area contributed by atoms with Gasteiger partial charge in [0.05, 0.1) is 5.92 Å². The summed E-state index contributed by atoms with van der Waals surface area (Å²) in [7, 11) is 0. The predicted molar refractivity (Wildman–Crippen MR) is 122 cm³/mol. The highest BCUT2D eigenvalue weighted by Gasteiger charge is 2.40. The van der Waals surface area contributed by atoms with E-state index >= 15 is 0 Å². The molecule has 2 aliphatic carbocycles. The minimum absolute atomic E-state index is 0.0608. The normalized spacial score (nSPS) is 21.5. The van der Waals surface area contributed by atoms with Crippen molar-refractivity contribution in [2.45, 2.75) is 76.0 Å². The van der Waals surface area contributed by atoms with E-state index in [-0.39, 0.29) is 30.2 Å². The number of aliphatic hydroxyl groups excluding tert-OH is 1. The molecule has 0 saturated heterocycles. The Hall–Kier alpha value is -2.41. The molecule has 2 saturated carbocycles. The van der Waals surface area contributed by atoms with E-state index in [9.17, 15) is 18.0 Å². The lowest BCUT2D eigenvalue weighted by Gasteiger charge is -2.37. The summed E-state index contributed by atoms with van der Waals surface area (Å²) in [4.78, 5) is 18.8. The van der Waals surface area contributed by atoms with Gasteiger partial charge < -0.3 is 10.0 Å². The van der Waals surface area contributed by atoms with Crippen LogP contribution in [0.2, 0.25) is 0 Å². The molecule has 1 atom stereocenters. The van der Waals surface area contributed by atoms with E-state index in [1.54, 1.807) is 12.4 Å². The van der Waals surface area contributed by atoms with Crippen molar-refractivity contribution in [3.63, 3.8) is 0 Å². The monoisotopic (exact) mass is 462 g/mol. The van der Waals surface area contributed by atoms with Crippen molar-refractivity contribution in [1.29, 1.82) is 0 Å². The zero-order valence-electron chi connectivity index (χ0n) is 19.0. The summed E-state index contributed by atoms with van der Waals surface area (Å²) in [6.45, 7) is 1.35. The summed E-state index contributed by atoms with van der Waals surface area (Å²) in [6.07, 6.45) is 5.97. The molecule has 2 aliphatic rings. The van der Waals surface area contributed by atoms with Crippen molar-refractivity contribution < 1.29 is 23.1 Å². The number of alkyl halides is 3. The number of hydrogen-bond donors (Lipinski definition) is 1. The van der Waals surface area contributed by atoms with Gasteiger partial charge >= 0.3 is 6.18 Å². The van der Waals surface area contributed by atoms with E-state index in [4.69, 9.17) is 5.11 Å². The molecule has 1 N–H and O–H groups in total. The molecule has 7 heteroatoms. The second-order valence-corrected chi connectivity index (χ2v) is 9.04. The van der Waals surface area contributed by atoms with Gasteiger partial charge in [-0.25, -0.2) is 0 Å². The lowest BCUT2D eigenvalue weighted by atomic mass is 9.83. The fourth-order valence-electron chi connectivity index (χ4n) is 4.44. The third kappa shape index (κ3) is 7.29. The van der Waals surface area contributed by atoms with Crippen molar-refractivity contribution in [1.82, 2.24) is 9.88 Å². The van der Waals surface area contributed by atoms with Gasteiger partial charge in [0.2, 0.25) is 0 Å². The SMILES string of the molecule is CC(c1ccc(C(=O)N(C2CCC(CCO)CC2)C2CC2)cc1)C(F)(F)F.c1ccncc1. The first-order valence-corrected chi connectivity index (χ1v) is 11.8. The third-order valence-corrected chi connectivity index (χ3v) is 6.64. The highest BCUT2D eigenvalue weighted by atomic mass is 19.4. The Labute approximate surface area is 193 Å². The molecule has 2 fully saturated rings. The Bertz CT molecular complexity index is 819. The maximum absolute atomic E-state index is 13.1. The van der Waals surface area contributed by atoms with Crippen LogP contribution in [0.4, 0.5) is 13.2 Å². The average Bonchev–Trinajstić information content (AvgIpc) is 3.66. The number of carbonyl (C=O) groups excluding carboxylic acids is 1. The fourth-order valence-corrected chi connectivity index (χ4v) is 4.44. The zero-order chi connectivity index (χ0) is 23.8. The number of nitrogens with zero attached hydrogens (tertiary/aromatic N) is 2. The largest absolute Gasteiger partial charge is 0.396 e. The number of aromatic nitrogens is 1. The standard InChI is InChI=1S/C21H28F3NO2.C5H5N/c1-14(21(22,23)24)16-4-6-17(7-5-16)20(27)25(19-10-11-19)18-8-2-15(3-9-18)12-13-26;1-2-4-6-5-3-1/h4-7,14-15,18-19,26H,2-3,8-13H2,1H3;1-5H. The molecule has 0 radical (unpaired) electrons. The van der Waals surface area contributed by atoms with Crippen LogP contribution in [-0.2, 0) is 0 Å². The van der Waals surface area contributed by atoms with Crippen LogP contribution in [-0.4, -0.2) is 45.8 Å². The summed E-state index contributed by atoms with van der Waals surface area (Å²) in [5.74, 6) is -1.07. The van der Waals surface area contributed by atoms with E-state index in [0.29, 0.717) is 11.5 Å². The van der Waals surface area contributed by atoms with E-state index in [1.807, 2.05) is 23.1 Å². The minimum atomic E-state index is -4.28. The van der Waals surface area contributed by atoms with Crippen LogP contribution in [0.1, 0.15) is 73.7 Å². The molecule has 0 spiro atoms. The molecular formula is C26H33F3N2O2. The van der Waals surface area contributed by atoms with Crippen LogP contribution < -0.4 is 0 Å². The zero-order valence-corrected chi connectivity index (χ0v) is 19.0. The van der Waals surface area contributed by atoms with E-state index in [1.165, 1.54) is 24.3 Å². The second-order valence-electron chi connectivity index (χ2n) is 9.04. The van der Waals surface area contributed by atoms with Crippen LogP contribution in [0.3, 0.4) is 0 Å². The number of carbonyl (C=O) groups is 1. The van der Waals surface area contributed by atoms with Gasteiger partial charge in [0.25, 0.3) is 5.91 Å². The van der Waals surface area contributed by atoms with Crippen molar-refractivity contribution in [3.8, 4) is 0 Å². The van der Waals surface area contributed by atoms with E-state index in [0.717, 1.165) is 51.9 Å². The van der Waals surface area contributed by atoms with Gasteiger partial charge in [-0.3, -0.25) is 9.78 Å². The fraction of sp³-hybridized carbons (Fsp3) is 0.538. The van der Waals surface area contributed by atoms with Gasteiger partial charge in [-0.1, -0.05) is 18.2 Å². The van der Waals surface area contributed by atoms with Gasteiger partial charge in [0, 0.05) is 36.6 Å². The third-order valence-electron chi connectivity index (χ3n) is 6.64. The van der Waals surface area contributed by atoms with E-state index in [2.05, 4.69) is 4.98 Å². The Morgan fingerprint density at radius 3 is 1.94 bits per heavy atom. The van der Waals surface area contributed by atoms with Crippen LogP contribution in [0.15, 0.2) is 54.9 Å². The van der Waals surface area contributed by atoms with Gasteiger partial charge in [-0.05, 0) is 87.6 Å². The highest BCUT2D eigenvalue weighted by Crippen LogP contribution is 2.38. The quantitative estimate of drug-likeness (QED) is 0.575. The number of halogens is 3.